The third-order valence-electron chi connectivity index (χ3n) is 2.14. The van der Waals surface area contributed by atoms with Gasteiger partial charge in [0.25, 0.3) is 0 Å². The van der Waals surface area contributed by atoms with Crippen LogP contribution in [-0.2, 0) is 4.79 Å². The van der Waals surface area contributed by atoms with Gasteiger partial charge in [0, 0.05) is 24.2 Å². The number of hydrogen-bond donors (Lipinski definition) is 1. The number of rotatable bonds is 1. The minimum Gasteiger partial charge on any atom is -0.326 e. The number of nitrogens with one attached hydrogen (secondary N) is 1. The molecule has 2 rings (SSSR count). The van der Waals surface area contributed by atoms with Crippen LogP contribution in [0.4, 0.5) is 5.69 Å². The largest absolute Gasteiger partial charge is 0.326 e. The van der Waals surface area contributed by atoms with E-state index in [1.807, 2.05) is 37.4 Å². The topological polar surface area (TPSA) is 42.0 Å². The fourth-order valence-corrected chi connectivity index (χ4v) is 1.52. The van der Waals surface area contributed by atoms with Crippen molar-refractivity contribution in [3.8, 4) is 0 Å². The highest BCUT2D eigenvalue weighted by Gasteiger charge is 1.99. The first kappa shape index (κ1) is 9.65. The zero-order valence-electron chi connectivity index (χ0n) is 8.74. The van der Waals surface area contributed by atoms with E-state index in [9.17, 15) is 4.79 Å². The van der Waals surface area contributed by atoms with Gasteiger partial charge in [-0.15, -0.1) is 0 Å². The maximum atomic E-state index is 10.9. The molecule has 1 aromatic carbocycles. The average molecular weight is 200 g/mol. The Hall–Kier alpha value is -1.90. The standard InChI is InChI=1S/C12H12N2O/c1-8-5-10-6-11(14-9(2)15)3-4-12(10)13-7-8/h3-7H,1-2H3,(H,14,15). The first-order chi connectivity index (χ1) is 7.15. The number of aromatic nitrogens is 1. The van der Waals surface area contributed by atoms with E-state index in [1.54, 1.807) is 0 Å². The van der Waals surface area contributed by atoms with Gasteiger partial charge >= 0.3 is 0 Å². The van der Waals surface area contributed by atoms with Crippen LogP contribution in [0.15, 0.2) is 30.5 Å². The first-order valence-corrected chi connectivity index (χ1v) is 4.79. The Kier molecular flexibility index (Phi) is 2.37. The van der Waals surface area contributed by atoms with E-state index in [2.05, 4.69) is 10.3 Å². The summed E-state index contributed by atoms with van der Waals surface area (Å²) in [5.74, 6) is -0.0602. The summed E-state index contributed by atoms with van der Waals surface area (Å²) in [5, 5.41) is 3.79. The van der Waals surface area contributed by atoms with Crippen molar-refractivity contribution < 1.29 is 4.79 Å². The van der Waals surface area contributed by atoms with Gasteiger partial charge in [-0.25, -0.2) is 0 Å². The second-order valence-electron chi connectivity index (χ2n) is 3.60. The molecule has 1 aromatic heterocycles. The SMILES string of the molecule is CC(=O)Nc1ccc2ncc(C)cc2c1. The van der Waals surface area contributed by atoms with Gasteiger partial charge in [-0.2, -0.15) is 0 Å². The molecule has 0 unspecified atom stereocenters. The van der Waals surface area contributed by atoms with E-state index in [0.717, 1.165) is 22.2 Å². The summed E-state index contributed by atoms with van der Waals surface area (Å²) in [6.07, 6.45) is 1.83. The monoisotopic (exact) mass is 200 g/mol. The van der Waals surface area contributed by atoms with E-state index in [-0.39, 0.29) is 5.91 Å². The molecule has 0 fully saturated rings. The lowest BCUT2D eigenvalue weighted by atomic mass is 10.1. The van der Waals surface area contributed by atoms with Crippen LogP contribution in [0.25, 0.3) is 10.9 Å². The van der Waals surface area contributed by atoms with Crippen molar-refractivity contribution in [3.05, 3.63) is 36.0 Å². The van der Waals surface area contributed by atoms with Gasteiger partial charge in [-0.3, -0.25) is 9.78 Å². The van der Waals surface area contributed by atoms with Crippen LogP contribution in [0, 0.1) is 6.92 Å². The molecule has 0 spiro atoms. The number of hydrogen-bond acceptors (Lipinski definition) is 2. The van der Waals surface area contributed by atoms with Gasteiger partial charge in [0.05, 0.1) is 5.52 Å². The molecule has 1 heterocycles. The van der Waals surface area contributed by atoms with Crippen molar-refractivity contribution in [1.29, 1.82) is 0 Å². The van der Waals surface area contributed by atoms with Gasteiger partial charge in [-0.05, 0) is 36.8 Å². The number of amides is 1. The summed E-state index contributed by atoms with van der Waals surface area (Å²) in [7, 11) is 0. The summed E-state index contributed by atoms with van der Waals surface area (Å²) < 4.78 is 0. The van der Waals surface area contributed by atoms with Gasteiger partial charge < -0.3 is 5.32 Å². The number of aryl methyl sites for hydroxylation is 1. The number of nitrogens with zero attached hydrogens (tertiary/aromatic N) is 1. The second kappa shape index (κ2) is 3.69. The highest BCUT2D eigenvalue weighted by Crippen LogP contribution is 2.18. The van der Waals surface area contributed by atoms with E-state index in [1.165, 1.54) is 6.92 Å². The summed E-state index contributed by atoms with van der Waals surface area (Å²) >= 11 is 0. The minimum absolute atomic E-state index is 0.0602. The zero-order chi connectivity index (χ0) is 10.8. The lowest BCUT2D eigenvalue weighted by Crippen LogP contribution is -2.05. The van der Waals surface area contributed by atoms with Crippen molar-refractivity contribution in [2.75, 3.05) is 5.32 Å². The Morgan fingerprint density at radius 2 is 2.13 bits per heavy atom. The predicted octanol–water partition coefficient (Wildman–Crippen LogP) is 2.50. The van der Waals surface area contributed by atoms with Gasteiger partial charge in [0.2, 0.25) is 5.91 Å². The smallest absolute Gasteiger partial charge is 0.221 e. The summed E-state index contributed by atoms with van der Waals surface area (Å²) in [4.78, 5) is 15.2. The van der Waals surface area contributed by atoms with E-state index in [0.29, 0.717) is 0 Å². The van der Waals surface area contributed by atoms with E-state index >= 15 is 0 Å². The van der Waals surface area contributed by atoms with Crippen LogP contribution in [0.5, 0.6) is 0 Å². The number of pyridine rings is 1. The zero-order valence-corrected chi connectivity index (χ0v) is 8.74. The number of carbonyl (C=O) groups is 1. The normalized spacial score (nSPS) is 10.3. The highest BCUT2D eigenvalue weighted by molar-refractivity contribution is 5.92. The van der Waals surface area contributed by atoms with Gasteiger partial charge in [-0.1, -0.05) is 0 Å². The van der Waals surface area contributed by atoms with E-state index < -0.39 is 0 Å². The first-order valence-electron chi connectivity index (χ1n) is 4.79. The predicted molar refractivity (Wildman–Crippen MR) is 60.8 cm³/mol. The van der Waals surface area contributed by atoms with Crippen LogP contribution < -0.4 is 5.32 Å². The average Bonchev–Trinajstić information content (AvgIpc) is 2.16. The maximum absolute atomic E-state index is 10.9. The summed E-state index contributed by atoms with van der Waals surface area (Å²) in [6, 6.07) is 7.73. The van der Waals surface area contributed by atoms with Gasteiger partial charge in [0.1, 0.15) is 0 Å². The van der Waals surface area contributed by atoms with Crippen LogP contribution in [0.3, 0.4) is 0 Å². The van der Waals surface area contributed by atoms with Crippen molar-refractivity contribution in [1.82, 2.24) is 4.98 Å². The number of carbonyl (C=O) groups excluding carboxylic acids is 1. The Labute approximate surface area is 88.1 Å². The molecule has 15 heavy (non-hydrogen) atoms. The molecule has 76 valence electrons. The molecule has 0 bridgehead atoms. The maximum Gasteiger partial charge on any atom is 0.221 e. The molecule has 3 heteroatoms. The van der Waals surface area contributed by atoms with Crippen LogP contribution >= 0.6 is 0 Å². The summed E-state index contributed by atoms with van der Waals surface area (Å²) in [5.41, 5.74) is 2.86. The van der Waals surface area contributed by atoms with Crippen LogP contribution in [0.2, 0.25) is 0 Å². The molecule has 1 amide bonds. The quantitative estimate of drug-likeness (QED) is 0.768. The molecule has 0 aliphatic heterocycles. The molecule has 2 aromatic rings. The molecule has 3 nitrogen and oxygen atoms in total. The third-order valence-corrected chi connectivity index (χ3v) is 2.14. The van der Waals surface area contributed by atoms with Crippen molar-refractivity contribution in [3.63, 3.8) is 0 Å². The van der Waals surface area contributed by atoms with Gasteiger partial charge in [0.15, 0.2) is 0 Å². The minimum atomic E-state index is -0.0602. The fraction of sp³-hybridized carbons (Fsp3) is 0.167. The Bertz CT molecular complexity index is 520. The lowest BCUT2D eigenvalue weighted by molar-refractivity contribution is -0.114. The Morgan fingerprint density at radius 1 is 1.33 bits per heavy atom. The second-order valence-corrected chi connectivity index (χ2v) is 3.60. The molecule has 0 aliphatic carbocycles. The van der Waals surface area contributed by atoms with E-state index in [4.69, 9.17) is 0 Å². The molecule has 1 N–H and O–H groups in total. The third kappa shape index (κ3) is 2.13. The Balaban J connectivity index is 2.49. The molecular weight excluding hydrogens is 188 g/mol. The van der Waals surface area contributed by atoms with Crippen LogP contribution in [0.1, 0.15) is 12.5 Å². The van der Waals surface area contributed by atoms with Crippen molar-refractivity contribution in [2.45, 2.75) is 13.8 Å². The molecular formula is C12H12N2O. The fourth-order valence-electron chi connectivity index (χ4n) is 1.52. The molecule has 0 saturated heterocycles. The van der Waals surface area contributed by atoms with Crippen molar-refractivity contribution >= 4 is 22.5 Å². The summed E-state index contributed by atoms with van der Waals surface area (Å²) in [6.45, 7) is 3.50. The van der Waals surface area contributed by atoms with Crippen LogP contribution in [-0.4, -0.2) is 10.9 Å². The lowest BCUT2D eigenvalue weighted by Gasteiger charge is -2.04. The number of anilines is 1. The molecule has 0 radical (unpaired) electrons. The molecule has 0 atom stereocenters. The molecule has 0 aliphatic rings. The molecule has 0 saturated carbocycles. The number of benzene rings is 1. The Morgan fingerprint density at radius 3 is 2.87 bits per heavy atom. The highest BCUT2D eigenvalue weighted by atomic mass is 16.1. The van der Waals surface area contributed by atoms with Crippen molar-refractivity contribution in [2.24, 2.45) is 0 Å². The number of fused-ring (bicyclic) bond motifs is 1.